The molecule has 0 bridgehead atoms. The van der Waals surface area contributed by atoms with Gasteiger partial charge in [0.2, 0.25) is 11.9 Å². The number of aromatic nitrogens is 2. The van der Waals surface area contributed by atoms with E-state index in [1.54, 1.807) is 35.4 Å². The van der Waals surface area contributed by atoms with Gasteiger partial charge in [-0.3, -0.25) is 23.9 Å². The molecule has 0 spiro atoms. The van der Waals surface area contributed by atoms with Crippen LogP contribution in [0.1, 0.15) is 20.7 Å². The molecule has 0 N–H and O–H groups in total. The highest BCUT2D eigenvalue weighted by molar-refractivity contribution is 6.30. The lowest BCUT2D eigenvalue weighted by atomic mass is 10.1. The number of halogens is 1. The van der Waals surface area contributed by atoms with Crippen LogP contribution in [0.5, 0.6) is 0 Å². The van der Waals surface area contributed by atoms with Gasteiger partial charge in [-0.15, -0.1) is 0 Å². The van der Waals surface area contributed by atoms with Crippen LogP contribution in [-0.4, -0.2) is 69.8 Å². The van der Waals surface area contributed by atoms with Crippen LogP contribution in [-0.2, 0) is 4.79 Å². The third-order valence-corrected chi connectivity index (χ3v) is 6.03. The molecule has 162 valence electrons. The average molecular weight is 450 g/mol. The number of nitrogens with zero attached hydrogens (tertiary/aromatic N) is 5. The third kappa shape index (κ3) is 3.52. The van der Waals surface area contributed by atoms with Gasteiger partial charge in [-0.25, -0.2) is 4.98 Å². The predicted octanol–water partition coefficient (Wildman–Crippen LogP) is 2.47. The van der Waals surface area contributed by atoms with Gasteiger partial charge in [-0.2, -0.15) is 0 Å². The van der Waals surface area contributed by atoms with Crippen LogP contribution in [0.2, 0.25) is 5.02 Å². The third-order valence-electron chi connectivity index (χ3n) is 5.79. The molecule has 8 nitrogen and oxygen atoms in total. The first-order valence-corrected chi connectivity index (χ1v) is 10.7. The topological polar surface area (TPSA) is 78.8 Å². The lowest BCUT2D eigenvalue weighted by Gasteiger charge is -2.36. The molecule has 3 aromatic rings. The highest BCUT2D eigenvalue weighted by Crippen LogP contribution is 2.24. The lowest BCUT2D eigenvalue weighted by Crippen LogP contribution is -2.52. The van der Waals surface area contributed by atoms with Crippen molar-refractivity contribution in [2.45, 2.75) is 0 Å². The molecule has 0 unspecified atom stereocenters. The number of amides is 3. The van der Waals surface area contributed by atoms with E-state index in [9.17, 15) is 14.4 Å². The summed E-state index contributed by atoms with van der Waals surface area (Å²) in [6, 6.07) is 14.2. The Bertz CT molecular complexity index is 1180. The van der Waals surface area contributed by atoms with E-state index in [4.69, 9.17) is 11.6 Å². The molecule has 0 aliphatic carbocycles. The van der Waals surface area contributed by atoms with Crippen LogP contribution in [0.25, 0.3) is 5.69 Å². The number of imidazole rings is 1. The van der Waals surface area contributed by atoms with Crippen LogP contribution < -0.4 is 4.90 Å². The number of anilines is 1. The smallest absolute Gasteiger partial charge is 0.262 e. The van der Waals surface area contributed by atoms with E-state index >= 15 is 0 Å². The zero-order chi connectivity index (χ0) is 22.2. The quantitative estimate of drug-likeness (QED) is 0.572. The molecule has 3 heterocycles. The molecule has 1 aromatic heterocycles. The van der Waals surface area contributed by atoms with Crippen molar-refractivity contribution in [3.05, 3.63) is 77.1 Å². The minimum atomic E-state index is -0.416. The molecule has 9 heteroatoms. The van der Waals surface area contributed by atoms with E-state index in [1.807, 2.05) is 35.0 Å². The van der Waals surface area contributed by atoms with E-state index in [2.05, 4.69) is 9.88 Å². The summed E-state index contributed by atoms with van der Waals surface area (Å²) in [4.78, 5) is 47.2. The maximum atomic E-state index is 12.8. The normalized spacial score (nSPS) is 16.0. The van der Waals surface area contributed by atoms with Crippen molar-refractivity contribution in [2.24, 2.45) is 0 Å². The van der Waals surface area contributed by atoms with Crippen LogP contribution in [0.15, 0.2) is 60.9 Å². The number of piperazine rings is 1. The Kier molecular flexibility index (Phi) is 5.14. The summed E-state index contributed by atoms with van der Waals surface area (Å²) in [5, 5.41) is 0.644. The fourth-order valence-corrected chi connectivity index (χ4v) is 4.32. The number of benzene rings is 2. The number of fused-ring (bicyclic) bond motifs is 1. The number of imide groups is 1. The van der Waals surface area contributed by atoms with Gasteiger partial charge >= 0.3 is 0 Å². The molecule has 2 aliphatic rings. The molecule has 1 fully saturated rings. The summed E-state index contributed by atoms with van der Waals surface area (Å²) < 4.78 is 1.96. The van der Waals surface area contributed by atoms with Gasteiger partial charge in [0.25, 0.3) is 11.8 Å². The Morgan fingerprint density at radius 3 is 2.28 bits per heavy atom. The van der Waals surface area contributed by atoms with E-state index < -0.39 is 11.8 Å². The van der Waals surface area contributed by atoms with Gasteiger partial charge in [0.15, 0.2) is 0 Å². The first-order chi connectivity index (χ1) is 15.5. The second-order valence-corrected chi connectivity index (χ2v) is 8.12. The van der Waals surface area contributed by atoms with Crippen molar-refractivity contribution in [2.75, 3.05) is 37.6 Å². The molecule has 0 saturated carbocycles. The molecule has 0 radical (unpaired) electrons. The number of carbonyl (C=O) groups is 3. The molecule has 1 saturated heterocycles. The summed E-state index contributed by atoms with van der Waals surface area (Å²) in [6.07, 6.45) is 3.61. The number of hydrogen-bond acceptors (Lipinski definition) is 5. The first kappa shape index (κ1) is 20.3. The van der Waals surface area contributed by atoms with E-state index in [1.165, 1.54) is 0 Å². The van der Waals surface area contributed by atoms with Crippen molar-refractivity contribution < 1.29 is 14.4 Å². The maximum Gasteiger partial charge on any atom is 0.262 e. The first-order valence-electron chi connectivity index (χ1n) is 10.3. The molecule has 32 heavy (non-hydrogen) atoms. The largest absolute Gasteiger partial charge is 0.338 e. The van der Waals surface area contributed by atoms with Crippen molar-refractivity contribution in [1.29, 1.82) is 0 Å². The molecule has 3 amide bonds. The summed E-state index contributed by atoms with van der Waals surface area (Å²) in [6.45, 7) is 1.88. The molecule has 0 atom stereocenters. The fourth-order valence-electron chi connectivity index (χ4n) is 4.13. The second kappa shape index (κ2) is 8.12. The lowest BCUT2D eigenvalue weighted by molar-refractivity contribution is -0.131. The summed E-state index contributed by atoms with van der Waals surface area (Å²) in [5.74, 6) is -0.292. The van der Waals surface area contributed by atoms with Gasteiger partial charge in [0.1, 0.15) is 6.54 Å². The summed E-state index contributed by atoms with van der Waals surface area (Å²) in [7, 11) is 0. The van der Waals surface area contributed by atoms with Gasteiger partial charge < -0.3 is 9.80 Å². The molecule has 2 aliphatic heterocycles. The van der Waals surface area contributed by atoms with Crippen LogP contribution in [0.4, 0.5) is 5.95 Å². The second-order valence-electron chi connectivity index (χ2n) is 7.69. The Morgan fingerprint density at radius 1 is 0.938 bits per heavy atom. The highest BCUT2D eigenvalue weighted by Gasteiger charge is 2.37. The molecular formula is C23H20ClN5O3. The zero-order valence-corrected chi connectivity index (χ0v) is 17.9. The molecule has 5 rings (SSSR count). The van der Waals surface area contributed by atoms with Crippen LogP contribution >= 0.6 is 11.6 Å². The SMILES string of the molecule is O=C(CN1C(=O)c2ccccc2C1=O)N1CCN(c2nccn2-c2cccc(Cl)c2)CC1. The van der Waals surface area contributed by atoms with Gasteiger partial charge in [0.05, 0.1) is 11.1 Å². The van der Waals surface area contributed by atoms with E-state index in [0.29, 0.717) is 42.3 Å². The number of hydrogen-bond donors (Lipinski definition) is 0. The van der Waals surface area contributed by atoms with Crippen molar-refractivity contribution in [1.82, 2.24) is 19.4 Å². The standard InChI is InChI=1S/C23H20ClN5O3/c24-16-4-3-5-17(14-16)28-9-8-25-23(28)27-12-10-26(11-13-27)20(30)15-29-21(31)18-6-1-2-7-19(18)22(29)32/h1-9,14H,10-13,15H2. The zero-order valence-electron chi connectivity index (χ0n) is 17.1. The van der Waals surface area contributed by atoms with E-state index in [0.717, 1.165) is 16.5 Å². The monoisotopic (exact) mass is 449 g/mol. The maximum absolute atomic E-state index is 12.8. The van der Waals surface area contributed by atoms with Crippen molar-refractivity contribution in [3.63, 3.8) is 0 Å². The Balaban J connectivity index is 1.24. The predicted molar refractivity (Wildman–Crippen MR) is 119 cm³/mol. The minimum Gasteiger partial charge on any atom is -0.338 e. The minimum absolute atomic E-state index is 0.239. The highest BCUT2D eigenvalue weighted by atomic mass is 35.5. The Morgan fingerprint density at radius 2 is 1.62 bits per heavy atom. The van der Waals surface area contributed by atoms with Crippen molar-refractivity contribution in [3.8, 4) is 5.69 Å². The Labute approximate surface area is 189 Å². The number of rotatable bonds is 4. The summed E-state index contributed by atoms with van der Waals surface area (Å²) >= 11 is 6.13. The van der Waals surface area contributed by atoms with Gasteiger partial charge in [0, 0.05) is 49.3 Å². The fraction of sp³-hybridized carbons (Fsp3) is 0.217. The molecular weight excluding hydrogens is 430 g/mol. The summed E-state index contributed by atoms with van der Waals surface area (Å²) in [5.41, 5.74) is 1.61. The van der Waals surface area contributed by atoms with Gasteiger partial charge in [-0.1, -0.05) is 29.8 Å². The van der Waals surface area contributed by atoms with Crippen LogP contribution in [0.3, 0.4) is 0 Å². The van der Waals surface area contributed by atoms with E-state index in [-0.39, 0.29) is 12.5 Å². The average Bonchev–Trinajstić information content (AvgIpc) is 3.39. The number of carbonyl (C=O) groups excluding carboxylic acids is 3. The van der Waals surface area contributed by atoms with Gasteiger partial charge in [-0.05, 0) is 30.3 Å². The van der Waals surface area contributed by atoms with Crippen LogP contribution in [0, 0.1) is 0 Å². The van der Waals surface area contributed by atoms with Crippen molar-refractivity contribution >= 4 is 35.3 Å². The Hall–Kier alpha value is -3.65. The molecule has 2 aromatic carbocycles.